The average Bonchev–Trinajstić information content (AvgIpc) is 2.45. The van der Waals surface area contributed by atoms with Crippen molar-refractivity contribution >= 4 is 11.6 Å². The first kappa shape index (κ1) is 9.09. The summed E-state index contributed by atoms with van der Waals surface area (Å²) in [5.74, 6) is 0.715. The highest BCUT2D eigenvalue weighted by molar-refractivity contribution is 6.30. The van der Waals surface area contributed by atoms with Gasteiger partial charge in [-0.15, -0.1) is 0 Å². The Labute approximate surface area is 86.6 Å². The summed E-state index contributed by atoms with van der Waals surface area (Å²) >= 11 is 5.85. The molecule has 14 heavy (non-hydrogen) atoms. The summed E-state index contributed by atoms with van der Waals surface area (Å²) in [6, 6.07) is 7.36. The predicted octanol–water partition coefficient (Wildman–Crippen LogP) is 2.45. The molecule has 0 radical (unpaired) electrons. The van der Waals surface area contributed by atoms with Gasteiger partial charge in [-0.2, -0.15) is 4.98 Å². The van der Waals surface area contributed by atoms with Crippen molar-refractivity contribution in [2.75, 3.05) is 0 Å². The molecule has 0 saturated carbocycles. The molecule has 0 amide bonds. The second-order valence-electron chi connectivity index (χ2n) is 3.04. The number of halogens is 1. The summed E-state index contributed by atoms with van der Waals surface area (Å²) in [4.78, 5) is 3.98. The summed E-state index contributed by atoms with van der Waals surface area (Å²) in [5.41, 5.74) is 0.889. The third-order valence-electron chi connectivity index (χ3n) is 1.95. The number of aryl methyl sites for hydroxylation is 1. The third kappa shape index (κ3) is 1.59. The molecule has 0 spiro atoms. The molecule has 1 N–H and O–H groups in total. The highest BCUT2D eigenvalue weighted by atomic mass is 35.5. The van der Waals surface area contributed by atoms with E-state index in [1.807, 2.05) is 25.2 Å². The largest absolute Gasteiger partial charge is 0.492 e. The van der Waals surface area contributed by atoms with Gasteiger partial charge >= 0.3 is 0 Å². The maximum atomic E-state index is 9.20. The molecule has 0 atom stereocenters. The number of hydrogen-bond donors (Lipinski definition) is 1. The molecule has 0 unspecified atom stereocenters. The van der Waals surface area contributed by atoms with E-state index >= 15 is 0 Å². The minimum absolute atomic E-state index is 0.0162. The van der Waals surface area contributed by atoms with Crippen molar-refractivity contribution in [3.05, 3.63) is 35.5 Å². The minimum Gasteiger partial charge on any atom is -0.492 e. The van der Waals surface area contributed by atoms with Crippen LogP contribution in [-0.2, 0) is 7.05 Å². The van der Waals surface area contributed by atoms with E-state index in [0.717, 1.165) is 5.56 Å². The molecule has 72 valence electrons. The van der Waals surface area contributed by atoms with E-state index in [2.05, 4.69) is 4.98 Å². The number of benzene rings is 1. The number of hydrogen-bond acceptors (Lipinski definition) is 2. The van der Waals surface area contributed by atoms with E-state index in [9.17, 15) is 5.11 Å². The van der Waals surface area contributed by atoms with Gasteiger partial charge in [-0.3, -0.25) is 0 Å². The van der Waals surface area contributed by atoms with Crippen molar-refractivity contribution < 1.29 is 5.11 Å². The van der Waals surface area contributed by atoms with Crippen LogP contribution in [0.15, 0.2) is 30.5 Å². The van der Waals surface area contributed by atoms with Gasteiger partial charge < -0.3 is 9.67 Å². The Balaban J connectivity index is 2.54. The van der Waals surface area contributed by atoms with Crippen LogP contribution < -0.4 is 0 Å². The average molecular weight is 209 g/mol. The molecular weight excluding hydrogens is 200 g/mol. The van der Waals surface area contributed by atoms with Crippen LogP contribution in [0.4, 0.5) is 0 Å². The lowest BCUT2D eigenvalue weighted by molar-refractivity contribution is 0.456. The second-order valence-corrected chi connectivity index (χ2v) is 3.48. The molecule has 0 aliphatic heterocycles. The molecule has 0 aliphatic rings. The van der Waals surface area contributed by atoms with E-state index in [4.69, 9.17) is 11.6 Å². The smallest absolute Gasteiger partial charge is 0.229 e. The lowest BCUT2D eigenvalue weighted by atomic mass is 10.2. The second kappa shape index (κ2) is 3.35. The van der Waals surface area contributed by atoms with Crippen LogP contribution in [-0.4, -0.2) is 14.7 Å². The Kier molecular flexibility index (Phi) is 2.17. The summed E-state index contributed by atoms with van der Waals surface area (Å²) in [6.45, 7) is 0. The first-order chi connectivity index (χ1) is 6.66. The normalized spacial score (nSPS) is 10.4. The van der Waals surface area contributed by atoms with Gasteiger partial charge in [-0.1, -0.05) is 23.7 Å². The molecule has 1 heterocycles. The summed E-state index contributed by atoms with van der Waals surface area (Å²) in [7, 11) is 1.82. The van der Waals surface area contributed by atoms with E-state index < -0.39 is 0 Å². The van der Waals surface area contributed by atoms with Gasteiger partial charge in [0.05, 0.1) is 6.20 Å². The van der Waals surface area contributed by atoms with Crippen LogP contribution >= 0.6 is 11.6 Å². The predicted molar refractivity (Wildman–Crippen MR) is 55.3 cm³/mol. The van der Waals surface area contributed by atoms with Crippen LogP contribution in [0.25, 0.3) is 11.4 Å². The lowest BCUT2D eigenvalue weighted by Crippen LogP contribution is -1.90. The number of nitrogens with zero attached hydrogens (tertiary/aromatic N) is 2. The van der Waals surface area contributed by atoms with Crippen molar-refractivity contribution in [3.63, 3.8) is 0 Å². The fourth-order valence-corrected chi connectivity index (χ4v) is 1.54. The monoisotopic (exact) mass is 208 g/mol. The SMILES string of the molecule is Cn1cc(O)nc1-c1cccc(Cl)c1. The van der Waals surface area contributed by atoms with Gasteiger partial charge in [-0.25, -0.2) is 0 Å². The van der Waals surface area contributed by atoms with E-state index in [1.165, 1.54) is 0 Å². The van der Waals surface area contributed by atoms with Crippen molar-refractivity contribution in [1.29, 1.82) is 0 Å². The van der Waals surface area contributed by atoms with Gasteiger partial charge in [0.1, 0.15) is 5.82 Å². The summed E-state index contributed by atoms with van der Waals surface area (Å²) < 4.78 is 1.75. The van der Waals surface area contributed by atoms with Crippen molar-refractivity contribution in [2.24, 2.45) is 7.05 Å². The molecule has 4 heteroatoms. The highest BCUT2D eigenvalue weighted by Gasteiger charge is 2.06. The van der Waals surface area contributed by atoms with Gasteiger partial charge in [0.15, 0.2) is 0 Å². The zero-order valence-corrected chi connectivity index (χ0v) is 8.36. The van der Waals surface area contributed by atoms with Crippen molar-refractivity contribution in [1.82, 2.24) is 9.55 Å². The summed E-state index contributed by atoms with van der Waals surface area (Å²) in [6.07, 6.45) is 1.55. The van der Waals surface area contributed by atoms with Gasteiger partial charge in [0.25, 0.3) is 0 Å². The number of aromatic hydroxyl groups is 1. The lowest BCUT2D eigenvalue weighted by Gasteiger charge is -2.00. The molecule has 0 aliphatic carbocycles. The molecule has 2 aromatic rings. The van der Waals surface area contributed by atoms with E-state index in [0.29, 0.717) is 10.8 Å². The summed E-state index contributed by atoms with van der Waals surface area (Å²) in [5, 5.41) is 9.86. The van der Waals surface area contributed by atoms with Gasteiger partial charge in [-0.05, 0) is 12.1 Å². The first-order valence-corrected chi connectivity index (χ1v) is 4.53. The van der Waals surface area contributed by atoms with E-state index in [-0.39, 0.29) is 5.88 Å². The Morgan fingerprint density at radius 1 is 1.43 bits per heavy atom. The fraction of sp³-hybridized carbons (Fsp3) is 0.100. The number of rotatable bonds is 1. The maximum absolute atomic E-state index is 9.20. The highest BCUT2D eigenvalue weighted by Crippen LogP contribution is 2.23. The number of imidazole rings is 1. The van der Waals surface area contributed by atoms with Crippen LogP contribution in [0.1, 0.15) is 0 Å². The standard InChI is InChI=1S/C10H9ClN2O/c1-13-6-9(14)12-10(13)7-3-2-4-8(11)5-7/h2-6,14H,1H3. The number of aromatic nitrogens is 2. The Bertz CT molecular complexity index is 465. The van der Waals surface area contributed by atoms with Crippen LogP contribution in [0.5, 0.6) is 5.88 Å². The Morgan fingerprint density at radius 3 is 2.79 bits per heavy atom. The van der Waals surface area contributed by atoms with Crippen LogP contribution in [0.3, 0.4) is 0 Å². The maximum Gasteiger partial charge on any atom is 0.229 e. The molecule has 1 aromatic carbocycles. The van der Waals surface area contributed by atoms with Crippen LogP contribution in [0.2, 0.25) is 5.02 Å². The third-order valence-corrected chi connectivity index (χ3v) is 2.18. The molecule has 2 rings (SSSR count). The van der Waals surface area contributed by atoms with Gasteiger partial charge in [0.2, 0.25) is 5.88 Å². The first-order valence-electron chi connectivity index (χ1n) is 4.15. The minimum atomic E-state index is 0.0162. The zero-order chi connectivity index (χ0) is 10.1. The van der Waals surface area contributed by atoms with Crippen LogP contribution in [0, 0.1) is 0 Å². The topological polar surface area (TPSA) is 38.0 Å². The Morgan fingerprint density at radius 2 is 2.21 bits per heavy atom. The molecule has 1 aromatic heterocycles. The molecular formula is C10H9ClN2O. The molecule has 3 nitrogen and oxygen atoms in total. The zero-order valence-electron chi connectivity index (χ0n) is 7.61. The van der Waals surface area contributed by atoms with E-state index in [1.54, 1.807) is 16.8 Å². The van der Waals surface area contributed by atoms with Gasteiger partial charge in [0, 0.05) is 17.6 Å². The molecule has 0 saturated heterocycles. The quantitative estimate of drug-likeness (QED) is 0.782. The van der Waals surface area contributed by atoms with Crippen molar-refractivity contribution in [3.8, 4) is 17.3 Å². The molecule has 0 fully saturated rings. The van der Waals surface area contributed by atoms with Crippen molar-refractivity contribution in [2.45, 2.75) is 0 Å². The Hall–Kier alpha value is -1.48. The molecule has 0 bridgehead atoms. The fourth-order valence-electron chi connectivity index (χ4n) is 1.35.